The number of hydrogen-bond donors (Lipinski definition) is 2. The first kappa shape index (κ1) is 23.7. The molecule has 0 aliphatic heterocycles. The lowest BCUT2D eigenvalue weighted by molar-refractivity contribution is -0.275. The molecule has 0 saturated heterocycles. The zero-order chi connectivity index (χ0) is 23.5. The molecule has 11 atom stereocenters. The molecule has 2 heteroatoms. The Balaban J connectivity index is 1.55. The van der Waals surface area contributed by atoms with Crippen molar-refractivity contribution in [2.75, 3.05) is 0 Å². The Morgan fingerprint density at radius 1 is 0.562 bits per heavy atom. The van der Waals surface area contributed by atoms with Gasteiger partial charge in [-0.2, -0.15) is 0 Å². The fourth-order valence-corrected chi connectivity index (χ4v) is 11.5. The predicted molar refractivity (Wildman–Crippen MR) is 132 cm³/mol. The highest BCUT2D eigenvalue weighted by molar-refractivity contribution is 5.20. The lowest BCUT2D eigenvalue weighted by Crippen LogP contribution is -2.69. The van der Waals surface area contributed by atoms with Crippen LogP contribution in [0.4, 0.5) is 0 Å². The highest BCUT2D eigenvalue weighted by atomic mass is 16.3. The molecule has 5 aliphatic rings. The van der Waals surface area contributed by atoms with Crippen molar-refractivity contribution in [2.24, 2.45) is 56.2 Å². The van der Waals surface area contributed by atoms with Crippen molar-refractivity contribution in [3.8, 4) is 0 Å². The molecule has 0 spiro atoms. The molecule has 2 N–H and O–H groups in total. The topological polar surface area (TPSA) is 40.5 Å². The average molecular weight is 445 g/mol. The minimum Gasteiger partial charge on any atom is -0.393 e. The molecule has 11 unspecified atom stereocenters. The van der Waals surface area contributed by atoms with Crippen LogP contribution in [0.15, 0.2) is 0 Å². The molecular formula is C30H52O2. The second kappa shape index (κ2) is 6.77. The molecule has 0 heterocycles. The zero-order valence-electron chi connectivity index (χ0n) is 22.4. The molecule has 0 radical (unpaired) electrons. The molecule has 5 fully saturated rings. The molecule has 0 aromatic heterocycles. The average Bonchev–Trinajstić information content (AvgIpc) is 2.69. The molecule has 184 valence electrons. The standard InChI is InChI=1S/C30H52O2/c1-19-20(31)9-10-21-26(19,4)12-11-22-27(21,5)13-15-30(8)23-17-25(2,3)18-24(32)28(23,6)14-16-29(22,30)7/h19-24,31-32H,9-18H2,1-8H3. The highest BCUT2D eigenvalue weighted by Crippen LogP contribution is 2.78. The summed E-state index contributed by atoms with van der Waals surface area (Å²) in [5.74, 6) is 2.57. The van der Waals surface area contributed by atoms with Crippen molar-refractivity contribution in [3.63, 3.8) is 0 Å². The fraction of sp³-hybridized carbons (Fsp3) is 1.00. The lowest BCUT2D eigenvalue weighted by atomic mass is 9.30. The van der Waals surface area contributed by atoms with Crippen molar-refractivity contribution < 1.29 is 10.2 Å². The van der Waals surface area contributed by atoms with E-state index in [2.05, 4.69) is 55.4 Å². The molecular weight excluding hydrogens is 392 g/mol. The first-order chi connectivity index (χ1) is 14.6. The van der Waals surface area contributed by atoms with Gasteiger partial charge in [-0.3, -0.25) is 0 Å². The summed E-state index contributed by atoms with van der Waals surface area (Å²) in [6.45, 7) is 20.1. The van der Waals surface area contributed by atoms with Crippen LogP contribution in [0.5, 0.6) is 0 Å². The summed E-state index contributed by atoms with van der Waals surface area (Å²) in [6, 6.07) is 0. The maximum absolute atomic E-state index is 11.4. The summed E-state index contributed by atoms with van der Waals surface area (Å²) in [4.78, 5) is 0. The molecule has 5 rings (SSSR count). The number of rotatable bonds is 0. The van der Waals surface area contributed by atoms with E-state index in [1.807, 2.05) is 0 Å². The minimum atomic E-state index is -0.152. The summed E-state index contributed by atoms with van der Waals surface area (Å²) < 4.78 is 0. The Labute approximate surface area is 198 Å². The Bertz CT molecular complexity index is 775. The van der Waals surface area contributed by atoms with E-state index >= 15 is 0 Å². The maximum atomic E-state index is 11.4. The van der Waals surface area contributed by atoms with Crippen LogP contribution < -0.4 is 0 Å². The van der Waals surface area contributed by atoms with Gasteiger partial charge in [0.15, 0.2) is 0 Å². The number of aliphatic hydroxyl groups is 2. The van der Waals surface area contributed by atoms with Crippen molar-refractivity contribution in [2.45, 2.75) is 132 Å². The largest absolute Gasteiger partial charge is 0.393 e. The van der Waals surface area contributed by atoms with Gasteiger partial charge in [-0.15, -0.1) is 0 Å². The smallest absolute Gasteiger partial charge is 0.0601 e. The van der Waals surface area contributed by atoms with Crippen LogP contribution in [-0.4, -0.2) is 22.4 Å². The lowest BCUT2D eigenvalue weighted by Gasteiger charge is -2.75. The van der Waals surface area contributed by atoms with Crippen LogP contribution in [0.25, 0.3) is 0 Å². The van der Waals surface area contributed by atoms with E-state index in [9.17, 15) is 10.2 Å². The Hall–Kier alpha value is -0.0800. The van der Waals surface area contributed by atoms with Gasteiger partial charge in [0, 0.05) is 0 Å². The van der Waals surface area contributed by atoms with Crippen LogP contribution in [-0.2, 0) is 0 Å². The molecule has 2 nitrogen and oxygen atoms in total. The van der Waals surface area contributed by atoms with E-state index in [0.29, 0.717) is 33.5 Å². The van der Waals surface area contributed by atoms with Gasteiger partial charge in [0.05, 0.1) is 12.2 Å². The van der Waals surface area contributed by atoms with E-state index in [0.717, 1.165) is 24.7 Å². The second-order valence-electron chi connectivity index (χ2n) is 15.6. The molecule has 0 aromatic rings. The minimum absolute atomic E-state index is 0.0875. The van der Waals surface area contributed by atoms with E-state index in [-0.39, 0.29) is 23.0 Å². The molecule has 5 saturated carbocycles. The first-order valence-electron chi connectivity index (χ1n) is 14.0. The zero-order valence-corrected chi connectivity index (χ0v) is 22.4. The SMILES string of the molecule is CC1C(O)CCC2C1(C)CCC1C2(C)CCC2(C)C3CC(C)(C)CC(O)C3(C)CCC12C. The third-order valence-electron chi connectivity index (χ3n) is 14.0. The third-order valence-corrected chi connectivity index (χ3v) is 14.0. The number of hydrogen-bond acceptors (Lipinski definition) is 2. The van der Waals surface area contributed by atoms with Crippen LogP contribution in [0.2, 0.25) is 0 Å². The summed E-state index contributed by atoms with van der Waals surface area (Å²) >= 11 is 0. The summed E-state index contributed by atoms with van der Waals surface area (Å²) in [7, 11) is 0. The van der Waals surface area contributed by atoms with Gasteiger partial charge in [-0.25, -0.2) is 0 Å². The highest BCUT2D eigenvalue weighted by Gasteiger charge is 2.71. The summed E-state index contributed by atoms with van der Waals surface area (Å²) in [6.07, 6.45) is 12.0. The van der Waals surface area contributed by atoms with Gasteiger partial charge >= 0.3 is 0 Å². The molecule has 5 aliphatic carbocycles. The Morgan fingerprint density at radius 3 is 1.81 bits per heavy atom. The third kappa shape index (κ3) is 2.72. The fourth-order valence-electron chi connectivity index (χ4n) is 11.5. The van der Waals surface area contributed by atoms with Crippen molar-refractivity contribution in [1.29, 1.82) is 0 Å². The van der Waals surface area contributed by atoms with E-state index < -0.39 is 0 Å². The number of fused-ring (bicyclic) bond motifs is 7. The molecule has 0 aromatic carbocycles. The van der Waals surface area contributed by atoms with Gasteiger partial charge < -0.3 is 10.2 Å². The van der Waals surface area contributed by atoms with E-state index in [1.54, 1.807) is 0 Å². The van der Waals surface area contributed by atoms with Crippen molar-refractivity contribution >= 4 is 0 Å². The number of aliphatic hydroxyl groups excluding tert-OH is 2. The van der Waals surface area contributed by atoms with Crippen LogP contribution >= 0.6 is 0 Å². The maximum Gasteiger partial charge on any atom is 0.0601 e. The normalized spacial score (nSPS) is 61.7. The predicted octanol–water partition coefficient (Wildman–Crippen LogP) is 7.22. The van der Waals surface area contributed by atoms with Crippen molar-refractivity contribution in [1.82, 2.24) is 0 Å². The Morgan fingerprint density at radius 2 is 1.16 bits per heavy atom. The Kier molecular flexibility index (Phi) is 5.01. The first-order valence-corrected chi connectivity index (χ1v) is 14.0. The van der Waals surface area contributed by atoms with Crippen molar-refractivity contribution in [3.05, 3.63) is 0 Å². The van der Waals surface area contributed by atoms with Gasteiger partial charge in [0.1, 0.15) is 0 Å². The van der Waals surface area contributed by atoms with E-state index in [1.165, 1.54) is 51.4 Å². The van der Waals surface area contributed by atoms with Gasteiger partial charge in [0.2, 0.25) is 0 Å². The van der Waals surface area contributed by atoms with Crippen LogP contribution in [0, 0.1) is 56.2 Å². The van der Waals surface area contributed by atoms with E-state index in [4.69, 9.17) is 0 Å². The van der Waals surface area contributed by atoms with Crippen LogP contribution in [0.3, 0.4) is 0 Å². The quantitative estimate of drug-likeness (QED) is 0.414. The summed E-state index contributed by atoms with van der Waals surface area (Å²) in [5, 5.41) is 22.1. The van der Waals surface area contributed by atoms with Gasteiger partial charge in [-0.1, -0.05) is 55.4 Å². The van der Waals surface area contributed by atoms with Gasteiger partial charge in [-0.05, 0) is 120 Å². The molecule has 0 amide bonds. The second-order valence-corrected chi connectivity index (χ2v) is 15.6. The summed E-state index contributed by atoms with van der Waals surface area (Å²) in [5.41, 5.74) is 1.69. The van der Waals surface area contributed by atoms with Gasteiger partial charge in [0.25, 0.3) is 0 Å². The molecule has 0 bridgehead atoms. The molecule has 32 heavy (non-hydrogen) atoms. The monoisotopic (exact) mass is 444 g/mol. The van der Waals surface area contributed by atoms with Crippen LogP contribution in [0.1, 0.15) is 120 Å².